The average Bonchev–Trinajstić information content (AvgIpc) is 2.03. The summed E-state index contributed by atoms with van der Waals surface area (Å²) in [7, 11) is 0. The SMILES string of the molecule is CC(C)(C)C(C)(C)c1ccc(O)cc1. The summed E-state index contributed by atoms with van der Waals surface area (Å²) in [6, 6.07) is 7.51. The van der Waals surface area contributed by atoms with Crippen LogP contribution in [0.4, 0.5) is 0 Å². The number of aromatic hydroxyl groups is 1. The van der Waals surface area contributed by atoms with Crippen LogP contribution in [0.15, 0.2) is 24.3 Å². The molecule has 1 nitrogen and oxygen atoms in total. The van der Waals surface area contributed by atoms with Gasteiger partial charge in [-0.3, -0.25) is 0 Å². The molecule has 1 heteroatoms. The lowest BCUT2D eigenvalue weighted by Crippen LogP contribution is -2.33. The molecule has 0 radical (unpaired) electrons. The number of rotatable bonds is 1. The molecule has 0 unspecified atom stereocenters. The summed E-state index contributed by atoms with van der Waals surface area (Å²) in [5, 5.41) is 9.23. The minimum absolute atomic E-state index is 0.112. The van der Waals surface area contributed by atoms with Crippen molar-refractivity contribution < 1.29 is 5.11 Å². The largest absolute Gasteiger partial charge is 0.508 e. The molecule has 1 N–H and O–H groups in total. The molecule has 14 heavy (non-hydrogen) atoms. The summed E-state index contributed by atoms with van der Waals surface area (Å²) in [5.74, 6) is 0.332. The maximum absolute atomic E-state index is 9.23. The van der Waals surface area contributed by atoms with Crippen LogP contribution in [0, 0.1) is 5.41 Å². The van der Waals surface area contributed by atoms with Crippen LogP contribution in [0.3, 0.4) is 0 Å². The molecule has 0 aliphatic rings. The van der Waals surface area contributed by atoms with Gasteiger partial charge in [0.1, 0.15) is 5.75 Å². The third-order valence-electron chi connectivity index (χ3n) is 3.46. The number of phenols is 1. The van der Waals surface area contributed by atoms with Gasteiger partial charge >= 0.3 is 0 Å². The van der Waals surface area contributed by atoms with Crippen LogP contribution in [0.1, 0.15) is 40.2 Å². The molecule has 0 heterocycles. The zero-order valence-corrected chi connectivity index (χ0v) is 9.76. The zero-order valence-electron chi connectivity index (χ0n) is 9.76. The van der Waals surface area contributed by atoms with Crippen LogP contribution >= 0.6 is 0 Å². The Morgan fingerprint density at radius 2 is 1.29 bits per heavy atom. The fourth-order valence-corrected chi connectivity index (χ4v) is 1.31. The van der Waals surface area contributed by atoms with Crippen molar-refractivity contribution in [2.45, 2.75) is 40.0 Å². The molecule has 0 spiro atoms. The van der Waals surface area contributed by atoms with Gasteiger partial charge < -0.3 is 5.11 Å². The lowest BCUT2D eigenvalue weighted by molar-refractivity contribution is 0.225. The van der Waals surface area contributed by atoms with Crippen molar-refractivity contribution in [1.29, 1.82) is 0 Å². The van der Waals surface area contributed by atoms with Gasteiger partial charge in [-0.1, -0.05) is 46.8 Å². The molecule has 0 atom stereocenters. The summed E-state index contributed by atoms with van der Waals surface area (Å²) < 4.78 is 0. The van der Waals surface area contributed by atoms with Gasteiger partial charge in [0.05, 0.1) is 0 Å². The van der Waals surface area contributed by atoms with Crippen molar-refractivity contribution >= 4 is 0 Å². The zero-order chi connectivity index (χ0) is 11.0. The van der Waals surface area contributed by atoms with Crippen molar-refractivity contribution in [3.05, 3.63) is 29.8 Å². The molecule has 0 bridgehead atoms. The molecule has 1 aromatic carbocycles. The van der Waals surface area contributed by atoms with Gasteiger partial charge in [-0.15, -0.1) is 0 Å². The van der Waals surface area contributed by atoms with E-state index in [9.17, 15) is 5.11 Å². The first-order chi connectivity index (χ1) is 6.25. The monoisotopic (exact) mass is 192 g/mol. The fourth-order valence-electron chi connectivity index (χ4n) is 1.31. The van der Waals surface area contributed by atoms with Gasteiger partial charge in [0.15, 0.2) is 0 Å². The van der Waals surface area contributed by atoms with Crippen molar-refractivity contribution in [2.75, 3.05) is 0 Å². The Balaban J connectivity index is 3.10. The molecule has 78 valence electrons. The molecule has 0 saturated carbocycles. The summed E-state index contributed by atoms with van der Waals surface area (Å²) in [4.78, 5) is 0. The lowest BCUT2D eigenvalue weighted by Gasteiger charge is -2.39. The summed E-state index contributed by atoms with van der Waals surface area (Å²) in [6.45, 7) is 11.2. The summed E-state index contributed by atoms with van der Waals surface area (Å²) >= 11 is 0. The van der Waals surface area contributed by atoms with Crippen LogP contribution in [0.5, 0.6) is 5.75 Å². The Labute approximate surface area is 86.8 Å². The molecule has 0 saturated heterocycles. The van der Waals surface area contributed by atoms with Gasteiger partial charge in [0.2, 0.25) is 0 Å². The number of phenolic OH excluding ortho intramolecular Hbond substituents is 1. The van der Waals surface area contributed by atoms with E-state index in [1.807, 2.05) is 12.1 Å². The Morgan fingerprint density at radius 3 is 1.64 bits per heavy atom. The van der Waals surface area contributed by atoms with E-state index in [-0.39, 0.29) is 10.8 Å². The van der Waals surface area contributed by atoms with Crippen LogP contribution in [-0.4, -0.2) is 5.11 Å². The standard InChI is InChI=1S/C13H20O/c1-12(2,3)13(4,5)10-6-8-11(14)9-7-10/h6-9,14H,1-5H3. The lowest BCUT2D eigenvalue weighted by atomic mass is 9.65. The molecule has 0 aromatic heterocycles. The first-order valence-corrected chi connectivity index (χ1v) is 5.04. The molecular formula is C13H20O. The minimum atomic E-state index is 0.112. The Kier molecular flexibility index (Phi) is 2.62. The first kappa shape index (κ1) is 11.1. The van der Waals surface area contributed by atoms with E-state index in [1.54, 1.807) is 12.1 Å². The van der Waals surface area contributed by atoms with E-state index < -0.39 is 0 Å². The Hall–Kier alpha value is -0.980. The summed E-state index contributed by atoms with van der Waals surface area (Å²) in [5.41, 5.74) is 1.59. The molecule has 1 rings (SSSR count). The molecule has 0 fully saturated rings. The summed E-state index contributed by atoms with van der Waals surface area (Å²) in [6.07, 6.45) is 0. The Morgan fingerprint density at radius 1 is 0.857 bits per heavy atom. The number of benzene rings is 1. The van der Waals surface area contributed by atoms with Crippen LogP contribution in [0.2, 0.25) is 0 Å². The van der Waals surface area contributed by atoms with E-state index in [2.05, 4.69) is 34.6 Å². The molecular weight excluding hydrogens is 172 g/mol. The second kappa shape index (κ2) is 3.30. The van der Waals surface area contributed by atoms with Crippen LogP contribution in [-0.2, 0) is 5.41 Å². The average molecular weight is 192 g/mol. The minimum Gasteiger partial charge on any atom is -0.508 e. The maximum Gasteiger partial charge on any atom is 0.115 e. The predicted octanol–water partition coefficient (Wildman–Crippen LogP) is 3.72. The quantitative estimate of drug-likeness (QED) is 0.719. The van der Waals surface area contributed by atoms with E-state index in [0.29, 0.717) is 5.75 Å². The van der Waals surface area contributed by atoms with E-state index in [0.717, 1.165) is 0 Å². The van der Waals surface area contributed by atoms with Gasteiger partial charge in [0.25, 0.3) is 0 Å². The second-order valence-corrected chi connectivity index (χ2v) is 5.42. The van der Waals surface area contributed by atoms with Crippen molar-refractivity contribution in [3.8, 4) is 5.75 Å². The smallest absolute Gasteiger partial charge is 0.115 e. The second-order valence-electron chi connectivity index (χ2n) is 5.42. The third-order valence-corrected chi connectivity index (χ3v) is 3.46. The third kappa shape index (κ3) is 1.92. The van der Waals surface area contributed by atoms with Crippen LogP contribution in [0.25, 0.3) is 0 Å². The van der Waals surface area contributed by atoms with Gasteiger partial charge in [-0.25, -0.2) is 0 Å². The molecule has 0 aliphatic heterocycles. The highest BCUT2D eigenvalue weighted by molar-refractivity contribution is 5.31. The van der Waals surface area contributed by atoms with Crippen molar-refractivity contribution in [1.82, 2.24) is 0 Å². The highest BCUT2D eigenvalue weighted by Crippen LogP contribution is 2.40. The molecule has 1 aromatic rings. The number of hydrogen-bond acceptors (Lipinski definition) is 1. The molecule has 0 aliphatic carbocycles. The van der Waals surface area contributed by atoms with E-state index >= 15 is 0 Å². The number of hydrogen-bond donors (Lipinski definition) is 1. The van der Waals surface area contributed by atoms with Gasteiger partial charge in [-0.05, 0) is 28.5 Å². The predicted molar refractivity (Wildman–Crippen MR) is 60.6 cm³/mol. The maximum atomic E-state index is 9.23. The normalized spacial score (nSPS) is 12.9. The highest BCUT2D eigenvalue weighted by Gasteiger charge is 2.34. The van der Waals surface area contributed by atoms with Gasteiger partial charge in [-0.2, -0.15) is 0 Å². The van der Waals surface area contributed by atoms with Gasteiger partial charge in [0, 0.05) is 0 Å². The van der Waals surface area contributed by atoms with E-state index in [4.69, 9.17) is 0 Å². The first-order valence-electron chi connectivity index (χ1n) is 5.04. The topological polar surface area (TPSA) is 20.2 Å². The fraction of sp³-hybridized carbons (Fsp3) is 0.538. The van der Waals surface area contributed by atoms with Crippen molar-refractivity contribution in [3.63, 3.8) is 0 Å². The highest BCUT2D eigenvalue weighted by atomic mass is 16.3. The van der Waals surface area contributed by atoms with Crippen molar-refractivity contribution in [2.24, 2.45) is 5.41 Å². The van der Waals surface area contributed by atoms with E-state index in [1.165, 1.54) is 5.56 Å². The Bertz CT molecular complexity index is 301. The molecule has 0 amide bonds. The van der Waals surface area contributed by atoms with Crippen LogP contribution < -0.4 is 0 Å².